The van der Waals surface area contributed by atoms with E-state index in [0.717, 1.165) is 11.1 Å². The van der Waals surface area contributed by atoms with E-state index in [4.69, 9.17) is 10.5 Å². The first-order chi connectivity index (χ1) is 8.83. The van der Waals surface area contributed by atoms with E-state index in [9.17, 15) is 0 Å². The molecule has 2 aromatic carbocycles. The Kier molecular flexibility index (Phi) is 3.54. The second-order valence-electron chi connectivity index (χ2n) is 3.77. The fraction of sp³-hybridized carbons (Fsp3) is 0. The molecule has 0 aliphatic rings. The predicted octanol–water partition coefficient (Wildman–Crippen LogP) is 3.60. The van der Waals surface area contributed by atoms with E-state index < -0.39 is 0 Å². The van der Waals surface area contributed by atoms with Crippen LogP contribution in [0.3, 0.4) is 0 Å². The van der Waals surface area contributed by atoms with E-state index >= 15 is 0 Å². The maximum atomic E-state index is 8.96. The number of nitriles is 2. The highest BCUT2D eigenvalue weighted by Crippen LogP contribution is 2.12. The van der Waals surface area contributed by atoms with Gasteiger partial charge < -0.3 is 0 Å². The number of nitrogens with zero attached hydrogens (tertiary/aromatic N) is 2. The van der Waals surface area contributed by atoms with Crippen molar-refractivity contribution >= 4 is 12.2 Å². The van der Waals surface area contributed by atoms with E-state index in [0.29, 0.717) is 11.1 Å². The smallest absolute Gasteiger partial charge is 0.0997 e. The Morgan fingerprint density at radius 2 is 1.50 bits per heavy atom. The average Bonchev–Trinajstić information content (AvgIpc) is 2.46. The molecular formula is C16H10N2. The molecule has 0 aliphatic carbocycles. The van der Waals surface area contributed by atoms with Gasteiger partial charge in [-0.2, -0.15) is 10.5 Å². The standard InChI is InChI=1S/C16H10N2/c17-11-14-7-5-13(6-8-14)9-10-15-3-1-2-4-16(15)12-18/h1-10H/b10-9-. The highest BCUT2D eigenvalue weighted by Gasteiger charge is 1.96. The lowest BCUT2D eigenvalue weighted by Gasteiger charge is -1.97. The van der Waals surface area contributed by atoms with Gasteiger partial charge in [-0.25, -0.2) is 0 Å². The Morgan fingerprint density at radius 3 is 2.17 bits per heavy atom. The zero-order chi connectivity index (χ0) is 12.8. The molecule has 0 amide bonds. The zero-order valence-electron chi connectivity index (χ0n) is 9.67. The van der Waals surface area contributed by atoms with Crippen molar-refractivity contribution in [1.29, 1.82) is 10.5 Å². The fourth-order valence-corrected chi connectivity index (χ4v) is 1.60. The summed E-state index contributed by atoms with van der Waals surface area (Å²) in [6, 6.07) is 19.0. The molecular weight excluding hydrogens is 220 g/mol. The quantitative estimate of drug-likeness (QED) is 0.740. The van der Waals surface area contributed by atoms with Gasteiger partial charge in [-0.1, -0.05) is 42.5 Å². The summed E-state index contributed by atoms with van der Waals surface area (Å²) in [4.78, 5) is 0. The molecule has 84 valence electrons. The summed E-state index contributed by atoms with van der Waals surface area (Å²) in [5, 5.41) is 17.7. The molecule has 2 heteroatoms. The maximum Gasteiger partial charge on any atom is 0.0997 e. The minimum Gasteiger partial charge on any atom is -0.192 e. The van der Waals surface area contributed by atoms with Gasteiger partial charge in [0.1, 0.15) is 0 Å². The van der Waals surface area contributed by atoms with Crippen molar-refractivity contribution in [3.05, 3.63) is 70.8 Å². The van der Waals surface area contributed by atoms with Crippen LogP contribution < -0.4 is 0 Å². The van der Waals surface area contributed by atoms with Gasteiger partial charge in [-0.15, -0.1) is 0 Å². The van der Waals surface area contributed by atoms with E-state index in [-0.39, 0.29) is 0 Å². The maximum absolute atomic E-state index is 8.96. The molecule has 0 aliphatic heterocycles. The van der Waals surface area contributed by atoms with Crippen molar-refractivity contribution in [2.75, 3.05) is 0 Å². The van der Waals surface area contributed by atoms with E-state index in [1.54, 1.807) is 18.2 Å². The minimum absolute atomic E-state index is 0.643. The Morgan fingerprint density at radius 1 is 0.778 bits per heavy atom. The molecule has 0 radical (unpaired) electrons. The van der Waals surface area contributed by atoms with E-state index in [1.165, 1.54) is 0 Å². The molecule has 2 rings (SSSR count). The molecule has 0 unspecified atom stereocenters. The molecule has 0 aromatic heterocycles. The van der Waals surface area contributed by atoms with Gasteiger partial charge in [0.05, 0.1) is 23.3 Å². The fourth-order valence-electron chi connectivity index (χ4n) is 1.60. The third kappa shape index (κ3) is 2.64. The van der Waals surface area contributed by atoms with Crippen LogP contribution in [0.5, 0.6) is 0 Å². The zero-order valence-corrected chi connectivity index (χ0v) is 9.67. The van der Waals surface area contributed by atoms with Gasteiger partial charge in [0.2, 0.25) is 0 Å². The monoisotopic (exact) mass is 230 g/mol. The lowest BCUT2D eigenvalue weighted by atomic mass is 10.1. The summed E-state index contributed by atoms with van der Waals surface area (Å²) in [6.45, 7) is 0. The molecule has 2 nitrogen and oxygen atoms in total. The molecule has 0 atom stereocenters. The van der Waals surface area contributed by atoms with Crippen LogP contribution in [0.2, 0.25) is 0 Å². The van der Waals surface area contributed by atoms with E-state index in [1.807, 2.05) is 42.5 Å². The van der Waals surface area contributed by atoms with Crippen LogP contribution in [0.1, 0.15) is 22.3 Å². The highest BCUT2D eigenvalue weighted by molar-refractivity contribution is 5.72. The van der Waals surface area contributed by atoms with Crippen LogP contribution in [0.25, 0.3) is 12.2 Å². The van der Waals surface area contributed by atoms with Gasteiger partial charge >= 0.3 is 0 Å². The average molecular weight is 230 g/mol. The summed E-state index contributed by atoms with van der Waals surface area (Å²) < 4.78 is 0. The summed E-state index contributed by atoms with van der Waals surface area (Å²) in [5.74, 6) is 0. The topological polar surface area (TPSA) is 47.6 Å². The lowest BCUT2D eigenvalue weighted by Crippen LogP contribution is -1.80. The first-order valence-corrected chi connectivity index (χ1v) is 5.51. The third-order valence-electron chi connectivity index (χ3n) is 2.58. The number of hydrogen-bond acceptors (Lipinski definition) is 2. The Labute approximate surface area is 106 Å². The van der Waals surface area contributed by atoms with Crippen molar-refractivity contribution in [2.45, 2.75) is 0 Å². The molecule has 0 saturated heterocycles. The van der Waals surface area contributed by atoms with Crippen molar-refractivity contribution in [1.82, 2.24) is 0 Å². The number of benzene rings is 2. The first-order valence-electron chi connectivity index (χ1n) is 5.51. The van der Waals surface area contributed by atoms with Crippen LogP contribution in [-0.2, 0) is 0 Å². The van der Waals surface area contributed by atoms with E-state index in [2.05, 4.69) is 12.1 Å². The third-order valence-corrected chi connectivity index (χ3v) is 2.58. The van der Waals surface area contributed by atoms with Crippen molar-refractivity contribution in [3.8, 4) is 12.1 Å². The molecule has 0 bridgehead atoms. The Balaban J connectivity index is 2.25. The van der Waals surface area contributed by atoms with Crippen LogP contribution in [0, 0.1) is 22.7 Å². The lowest BCUT2D eigenvalue weighted by molar-refractivity contribution is 1.47. The second-order valence-corrected chi connectivity index (χ2v) is 3.77. The second kappa shape index (κ2) is 5.48. The summed E-state index contributed by atoms with van der Waals surface area (Å²) in [5.41, 5.74) is 3.19. The number of hydrogen-bond donors (Lipinski definition) is 0. The normalized spacial score (nSPS) is 9.89. The van der Waals surface area contributed by atoms with Crippen molar-refractivity contribution in [2.24, 2.45) is 0 Å². The van der Waals surface area contributed by atoms with Gasteiger partial charge in [0.25, 0.3) is 0 Å². The minimum atomic E-state index is 0.643. The molecule has 2 aromatic rings. The van der Waals surface area contributed by atoms with Crippen molar-refractivity contribution < 1.29 is 0 Å². The van der Waals surface area contributed by atoms with Crippen LogP contribution in [0.15, 0.2) is 48.5 Å². The summed E-state index contributed by atoms with van der Waals surface area (Å²) in [6.07, 6.45) is 3.83. The van der Waals surface area contributed by atoms with Gasteiger partial charge in [0.15, 0.2) is 0 Å². The largest absolute Gasteiger partial charge is 0.192 e. The molecule has 0 heterocycles. The van der Waals surface area contributed by atoms with Crippen LogP contribution >= 0.6 is 0 Å². The van der Waals surface area contributed by atoms with Crippen LogP contribution in [0.4, 0.5) is 0 Å². The van der Waals surface area contributed by atoms with Crippen molar-refractivity contribution in [3.63, 3.8) is 0 Å². The summed E-state index contributed by atoms with van der Waals surface area (Å²) in [7, 11) is 0. The predicted molar refractivity (Wildman–Crippen MR) is 71.2 cm³/mol. The molecule has 0 fully saturated rings. The Hall–Kier alpha value is -2.84. The summed E-state index contributed by atoms with van der Waals surface area (Å²) >= 11 is 0. The molecule has 0 N–H and O–H groups in total. The molecule has 0 spiro atoms. The SMILES string of the molecule is N#Cc1ccc(/C=C\c2ccccc2C#N)cc1. The van der Waals surface area contributed by atoms with Gasteiger partial charge in [0, 0.05) is 0 Å². The van der Waals surface area contributed by atoms with Crippen LogP contribution in [-0.4, -0.2) is 0 Å². The van der Waals surface area contributed by atoms with Gasteiger partial charge in [-0.3, -0.25) is 0 Å². The van der Waals surface area contributed by atoms with Gasteiger partial charge in [-0.05, 0) is 29.3 Å². The highest BCUT2D eigenvalue weighted by atomic mass is 14.2. The molecule has 18 heavy (non-hydrogen) atoms. The Bertz CT molecular complexity index is 653. The first kappa shape index (κ1) is 11.6. The number of rotatable bonds is 2. The molecule has 0 saturated carbocycles.